The average Bonchev–Trinajstić information content (AvgIpc) is 2.58. The van der Waals surface area contributed by atoms with Crippen LogP contribution < -0.4 is 5.32 Å². The molecule has 1 amide bonds. The van der Waals surface area contributed by atoms with E-state index in [-0.39, 0.29) is 16.9 Å². The van der Waals surface area contributed by atoms with Gasteiger partial charge in [0, 0.05) is 24.0 Å². The second-order valence-electron chi connectivity index (χ2n) is 4.72. The van der Waals surface area contributed by atoms with Gasteiger partial charge in [0.2, 0.25) is 0 Å². The van der Waals surface area contributed by atoms with Crippen LogP contribution in [0.25, 0.3) is 11.1 Å². The van der Waals surface area contributed by atoms with Crippen LogP contribution in [-0.4, -0.2) is 15.9 Å². The SMILES string of the molecule is O=C(Nc1c(F)cc(F)cc1-c1ccccc1)c1cnccn1. The lowest BCUT2D eigenvalue weighted by Crippen LogP contribution is -2.15. The molecule has 3 aromatic rings. The highest BCUT2D eigenvalue weighted by Gasteiger charge is 2.17. The molecular formula is C17H11F2N3O. The Morgan fingerprint density at radius 1 is 1.04 bits per heavy atom. The van der Waals surface area contributed by atoms with Gasteiger partial charge in [0.05, 0.1) is 11.9 Å². The molecule has 2 aromatic carbocycles. The number of anilines is 1. The van der Waals surface area contributed by atoms with Crippen molar-refractivity contribution >= 4 is 11.6 Å². The Labute approximate surface area is 130 Å². The molecule has 1 N–H and O–H groups in total. The van der Waals surface area contributed by atoms with Crippen molar-refractivity contribution in [2.24, 2.45) is 0 Å². The standard InChI is InChI=1S/C17H11F2N3O/c18-12-8-13(11-4-2-1-3-5-11)16(14(19)9-12)22-17(23)15-10-20-6-7-21-15/h1-10H,(H,22,23). The first-order chi connectivity index (χ1) is 11.1. The molecule has 0 radical (unpaired) electrons. The largest absolute Gasteiger partial charge is 0.318 e. The Balaban J connectivity index is 2.03. The molecule has 23 heavy (non-hydrogen) atoms. The van der Waals surface area contributed by atoms with E-state index in [4.69, 9.17) is 0 Å². The van der Waals surface area contributed by atoms with E-state index in [9.17, 15) is 13.6 Å². The molecule has 114 valence electrons. The van der Waals surface area contributed by atoms with Crippen molar-refractivity contribution in [2.75, 3.05) is 5.32 Å². The first-order valence-electron chi connectivity index (χ1n) is 6.77. The number of nitrogens with zero attached hydrogens (tertiary/aromatic N) is 2. The number of carbonyl (C=O) groups excluding carboxylic acids is 1. The van der Waals surface area contributed by atoms with Crippen LogP contribution in [-0.2, 0) is 0 Å². The van der Waals surface area contributed by atoms with E-state index in [0.717, 1.165) is 6.07 Å². The van der Waals surface area contributed by atoms with Crippen molar-refractivity contribution in [1.82, 2.24) is 9.97 Å². The van der Waals surface area contributed by atoms with Crippen LogP contribution in [0, 0.1) is 11.6 Å². The van der Waals surface area contributed by atoms with E-state index >= 15 is 0 Å². The summed E-state index contributed by atoms with van der Waals surface area (Å²) in [6, 6.07) is 10.6. The number of rotatable bonds is 3. The molecule has 3 rings (SSSR count). The van der Waals surface area contributed by atoms with Gasteiger partial charge in [0.25, 0.3) is 5.91 Å². The van der Waals surface area contributed by atoms with Crippen molar-refractivity contribution in [1.29, 1.82) is 0 Å². The van der Waals surface area contributed by atoms with Crippen LogP contribution in [0.1, 0.15) is 10.5 Å². The fourth-order valence-electron chi connectivity index (χ4n) is 2.14. The van der Waals surface area contributed by atoms with Crippen LogP contribution in [0.2, 0.25) is 0 Å². The normalized spacial score (nSPS) is 10.3. The average molecular weight is 311 g/mol. The molecule has 0 atom stereocenters. The highest BCUT2D eigenvalue weighted by molar-refractivity contribution is 6.05. The summed E-state index contributed by atoms with van der Waals surface area (Å²) in [5.41, 5.74) is 0.768. The fraction of sp³-hybridized carbons (Fsp3) is 0. The molecule has 0 aliphatic heterocycles. The van der Waals surface area contributed by atoms with Gasteiger partial charge >= 0.3 is 0 Å². The topological polar surface area (TPSA) is 54.9 Å². The summed E-state index contributed by atoms with van der Waals surface area (Å²) in [5.74, 6) is -2.21. The highest BCUT2D eigenvalue weighted by Crippen LogP contribution is 2.31. The quantitative estimate of drug-likeness (QED) is 0.803. The third-order valence-corrected chi connectivity index (χ3v) is 3.17. The number of aromatic nitrogens is 2. The lowest BCUT2D eigenvalue weighted by molar-refractivity contribution is 0.102. The minimum atomic E-state index is -0.860. The summed E-state index contributed by atoms with van der Waals surface area (Å²) in [7, 11) is 0. The van der Waals surface area contributed by atoms with Gasteiger partial charge in [-0.1, -0.05) is 30.3 Å². The Hall–Kier alpha value is -3.15. The van der Waals surface area contributed by atoms with Gasteiger partial charge < -0.3 is 5.32 Å². The second-order valence-corrected chi connectivity index (χ2v) is 4.72. The first kappa shape index (κ1) is 14.8. The van der Waals surface area contributed by atoms with Gasteiger partial charge in [-0.3, -0.25) is 9.78 Å². The maximum atomic E-state index is 14.2. The van der Waals surface area contributed by atoms with E-state index in [1.165, 1.54) is 24.7 Å². The number of hydrogen-bond acceptors (Lipinski definition) is 3. The van der Waals surface area contributed by atoms with Gasteiger partial charge in [0.1, 0.15) is 17.3 Å². The highest BCUT2D eigenvalue weighted by atomic mass is 19.1. The number of carbonyl (C=O) groups is 1. The number of halogens is 2. The molecule has 0 unspecified atom stereocenters. The molecule has 0 fully saturated rings. The third kappa shape index (κ3) is 3.21. The lowest BCUT2D eigenvalue weighted by atomic mass is 10.0. The van der Waals surface area contributed by atoms with Crippen molar-refractivity contribution < 1.29 is 13.6 Å². The predicted molar refractivity (Wildman–Crippen MR) is 81.8 cm³/mol. The van der Waals surface area contributed by atoms with Crippen LogP contribution in [0.15, 0.2) is 61.1 Å². The number of hydrogen-bond donors (Lipinski definition) is 1. The zero-order valence-electron chi connectivity index (χ0n) is 11.8. The predicted octanol–water partition coefficient (Wildman–Crippen LogP) is 3.67. The summed E-state index contributed by atoms with van der Waals surface area (Å²) in [5, 5.41) is 2.44. The van der Waals surface area contributed by atoms with Crippen LogP contribution >= 0.6 is 0 Å². The van der Waals surface area contributed by atoms with Gasteiger partial charge in [-0.15, -0.1) is 0 Å². The van der Waals surface area contributed by atoms with E-state index in [1.807, 2.05) is 0 Å². The first-order valence-corrected chi connectivity index (χ1v) is 6.77. The summed E-state index contributed by atoms with van der Waals surface area (Å²) in [6.45, 7) is 0. The minimum Gasteiger partial charge on any atom is -0.318 e. The van der Waals surface area contributed by atoms with Gasteiger partial charge in [-0.05, 0) is 11.6 Å². The van der Waals surface area contributed by atoms with E-state index in [0.29, 0.717) is 5.56 Å². The Kier molecular flexibility index (Phi) is 4.05. The summed E-state index contributed by atoms with van der Waals surface area (Å²) in [6.07, 6.45) is 4.04. The van der Waals surface area contributed by atoms with Crippen LogP contribution in [0.5, 0.6) is 0 Å². The van der Waals surface area contributed by atoms with Crippen molar-refractivity contribution in [2.45, 2.75) is 0 Å². The fourth-order valence-corrected chi connectivity index (χ4v) is 2.14. The third-order valence-electron chi connectivity index (χ3n) is 3.17. The molecule has 0 saturated heterocycles. The smallest absolute Gasteiger partial charge is 0.275 e. The second kappa shape index (κ2) is 6.31. The summed E-state index contributed by atoms with van der Waals surface area (Å²) >= 11 is 0. The number of benzene rings is 2. The van der Waals surface area contributed by atoms with Gasteiger partial charge in [0.15, 0.2) is 0 Å². The number of nitrogens with one attached hydrogen (secondary N) is 1. The van der Waals surface area contributed by atoms with E-state index < -0.39 is 17.5 Å². The molecule has 0 saturated carbocycles. The molecule has 1 aromatic heterocycles. The monoisotopic (exact) mass is 311 g/mol. The van der Waals surface area contributed by atoms with E-state index in [1.54, 1.807) is 30.3 Å². The molecule has 0 aliphatic carbocycles. The number of amides is 1. The molecule has 1 heterocycles. The molecule has 6 heteroatoms. The zero-order valence-corrected chi connectivity index (χ0v) is 11.8. The van der Waals surface area contributed by atoms with Crippen molar-refractivity contribution in [3.05, 3.63) is 78.4 Å². The lowest BCUT2D eigenvalue weighted by Gasteiger charge is -2.12. The Bertz CT molecular complexity index is 839. The molecule has 4 nitrogen and oxygen atoms in total. The minimum absolute atomic E-state index is 0.0373. The Morgan fingerprint density at radius 3 is 2.52 bits per heavy atom. The molecular weight excluding hydrogens is 300 g/mol. The van der Waals surface area contributed by atoms with Gasteiger partial charge in [-0.25, -0.2) is 13.8 Å². The van der Waals surface area contributed by atoms with Crippen molar-refractivity contribution in [3.8, 4) is 11.1 Å². The van der Waals surface area contributed by atoms with E-state index in [2.05, 4.69) is 15.3 Å². The van der Waals surface area contributed by atoms with Crippen LogP contribution in [0.4, 0.5) is 14.5 Å². The van der Waals surface area contributed by atoms with Gasteiger partial charge in [-0.2, -0.15) is 0 Å². The molecule has 0 spiro atoms. The summed E-state index contributed by atoms with van der Waals surface area (Å²) in [4.78, 5) is 19.8. The van der Waals surface area contributed by atoms with Crippen molar-refractivity contribution in [3.63, 3.8) is 0 Å². The Morgan fingerprint density at radius 2 is 1.83 bits per heavy atom. The molecule has 0 bridgehead atoms. The maximum absolute atomic E-state index is 14.2. The maximum Gasteiger partial charge on any atom is 0.275 e. The summed E-state index contributed by atoms with van der Waals surface area (Å²) < 4.78 is 27.8. The molecule has 0 aliphatic rings. The zero-order chi connectivity index (χ0) is 16.2. The van der Waals surface area contributed by atoms with Crippen LogP contribution in [0.3, 0.4) is 0 Å².